The Morgan fingerprint density at radius 1 is 1.38 bits per heavy atom. The lowest BCUT2D eigenvalue weighted by Crippen LogP contribution is -2.31. The van der Waals surface area contributed by atoms with E-state index in [9.17, 15) is 4.79 Å². The normalized spacial score (nSPS) is 15.2. The highest BCUT2D eigenvalue weighted by Crippen LogP contribution is 2.18. The molecule has 1 amide bonds. The molecule has 1 N–H and O–H groups in total. The molecule has 0 aliphatic carbocycles. The Morgan fingerprint density at radius 2 is 2.29 bits per heavy atom. The molecule has 24 heavy (non-hydrogen) atoms. The molecule has 0 bridgehead atoms. The number of nitrogens with one attached hydrogen (secondary N) is 1. The van der Waals surface area contributed by atoms with Gasteiger partial charge in [-0.3, -0.25) is 9.20 Å². The summed E-state index contributed by atoms with van der Waals surface area (Å²) in [5.41, 5.74) is 0.794. The van der Waals surface area contributed by atoms with Crippen LogP contribution in [0.4, 0.5) is 0 Å². The first kappa shape index (κ1) is 14.8. The summed E-state index contributed by atoms with van der Waals surface area (Å²) in [6.07, 6.45) is 9.27. The third kappa shape index (κ3) is 2.53. The second-order valence-electron chi connectivity index (χ2n) is 5.98. The second kappa shape index (κ2) is 6.03. The Labute approximate surface area is 138 Å². The number of hydrogen-bond donors (Lipinski definition) is 1. The van der Waals surface area contributed by atoms with E-state index in [1.54, 1.807) is 6.20 Å². The zero-order valence-electron chi connectivity index (χ0n) is 13.5. The number of aryl methyl sites for hydroxylation is 1. The van der Waals surface area contributed by atoms with Crippen molar-refractivity contribution in [1.29, 1.82) is 0 Å². The van der Waals surface area contributed by atoms with Gasteiger partial charge in [0.25, 0.3) is 5.91 Å². The number of fused-ring (bicyclic) bond motifs is 2. The molecule has 1 aliphatic rings. The molecule has 3 aromatic heterocycles. The van der Waals surface area contributed by atoms with Crippen LogP contribution in [0.2, 0.25) is 0 Å². The van der Waals surface area contributed by atoms with Crippen LogP contribution >= 0.6 is 0 Å². The van der Waals surface area contributed by atoms with Crippen LogP contribution in [-0.2, 0) is 13.0 Å². The molecule has 8 heteroatoms. The van der Waals surface area contributed by atoms with Gasteiger partial charge < -0.3 is 9.88 Å². The molecule has 0 spiro atoms. The fraction of sp³-hybridized carbons (Fsp3) is 0.438. The number of carbonyl (C=O) groups is 1. The van der Waals surface area contributed by atoms with E-state index < -0.39 is 0 Å². The third-order valence-electron chi connectivity index (χ3n) is 4.39. The lowest BCUT2D eigenvalue weighted by molar-refractivity contribution is 0.0918. The van der Waals surface area contributed by atoms with Crippen molar-refractivity contribution in [2.24, 2.45) is 0 Å². The summed E-state index contributed by atoms with van der Waals surface area (Å²) in [5, 5.41) is 11.3. The second-order valence-corrected chi connectivity index (χ2v) is 5.98. The van der Waals surface area contributed by atoms with Gasteiger partial charge in [0, 0.05) is 31.6 Å². The highest BCUT2D eigenvalue weighted by molar-refractivity contribution is 5.91. The Bertz CT molecular complexity index is 849. The van der Waals surface area contributed by atoms with Gasteiger partial charge in [0.2, 0.25) is 11.6 Å². The predicted molar refractivity (Wildman–Crippen MR) is 86.4 cm³/mol. The molecular weight excluding hydrogens is 306 g/mol. The van der Waals surface area contributed by atoms with Gasteiger partial charge >= 0.3 is 0 Å². The molecule has 4 rings (SSSR count). The van der Waals surface area contributed by atoms with Crippen molar-refractivity contribution in [2.45, 2.75) is 45.2 Å². The van der Waals surface area contributed by atoms with Crippen LogP contribution in [0.3, 0.4) is 0 Å². The Balaban J connectivity index is 1.58. The number of nitrogens with zero attached hydrogens (tertiary/aromatic N) is 6. The van der Waals surface area contributed by atoms with Gasteiger partial charge in [0.1, 0.15) is 5.82 Å². The summed E-state index contributed by atoms with van der Waals surface area (Å²) >= 11 is 0. The monoisotopic (exact) mass is 325 g/mol. The average molecular weight is 325 g/mol. The molecule has 8 nitrogen and oxygen atoms in total. The van der Waals surface area contributed by atoms with Crippen molar-refractivity contribution >= 4 is 11.7 Å². The summed E-state index contributed by atoms with van der Waals surface area (Å²) in [6.45, 7) is 2.82. The van der Waals surface area contributed by atoms with E-state index in [0.29, 0.717) is 11.6 Å². The summed E-state index contributed by atoms with van der Waals surface area (Å²) in [5.74, 6) is 1.72. The molecular formula is C16H19N7O. The van der Waals surface area contributed by atoms with E-state index >= 15 is 0 Å². The van der Waals surface area contributed by atoms with Crippen LogP contribution < -0.4 is 5.32 Å². The maximum atomic E-state index is 12.7. The lowest BCUT2D eigenvalue weighted by atomic mass is 10.1. The van der Waals surface area contributed by atoms with Crippen molar-refractivity contribution in [3.8, 4) is 0 Å². The number of amides is 1. The van der Waals surface area contributed by atoms with E-state index in [0.717, 1.165) is 43.7 Å². The van der Waals surface area contributed by atoms with Gasteiger partial charge in [-0.25, -0.2) is 9.97 Å². The molecule has 0 saturated carbocycles. The minimum absolute atomic E-state index is 0.184. The third-order valence-corrected chi connectivity index (χ3v) is 4.39. The summed E-state index contributed by atoms with van der Waals surface area (Å²) in [6, 6.07) is 1.66. The van der Waals surface area contributed by atoms with Crippen LogP contribution in [0.15, 0.2) is 24.7 Å². The van der Waals surface area contributed by atoms with Crippen molar-refractivity contribution < 1.29 is 4.79 Å². The lowest BCUT2D eigenvalue weighted by Gasteiger charge is -2.17. The number of rotatable bonds is 4. The maximum Gasteiger partial charge on any atom is 0.289 e. The minimum Gasteiger partial charge on any atom is -0.341 e. The number of carbonyl (C=O) groups excluding carboxylic acids is 1. The smallest absolute Gasteiger partial charge is 0.289 e. The topological polar surface area (TPSA) is 90.0 Å². The van der Waals surface area contributed by atoms with Crippen LogP contribution in [0.1, 0.15) is 54.4 Å². The molecule has 0 fully saturated rings. The van der Waals surface area contributed by atoms with Gasteiger partial charge in [0.05, 0.1) is 11.7 Å². The van der Waals surface area contributed by atoms with Crippen molar-refractivity contribution in [2.75, 3.05) is 0 Å². The van der Waals surface area contributed by atoms with Crippen LogP contribution in [0.25, 0.3) is 5.78 Å². The molecule has 1 aliphatic heterocycles. The Morgan fingerprint density at radius 3 is 3.12 bits per heavy atom. The molecule has 3 aromatic rings. The minimum atomic E-state index is -0.201. The van der Waals surface area contributed by atoms with Gasteiger partial charge in [-0.15, -0.1) is 10.2 Å². The number of imidazole rings is 1. The van der Waals surface area contributed by atoms with E-state index in [4.69, 9.17) is 0 Å². The molecule has 0 unspecified atom stereocenters. The molecule has 0 aromatic carbocycles. The van der Waals surface area contributed by atoms with Crippen molar-refractivity contribution in [1.82, 2.24) is 34.4 Å². The summed E-state index contributed by atoms with van der Waals surface area (Å²) in [7, 11) is 0. The van der Waals surface area contributed by atoms with Crippen LogP contribution in [-0.4, -0.2) is 35.0 Å². The first-order valence-corrected chi connectivity index (χ1v) is 8.29. The van der Waals surface area contributed by atoms with Crippen molar-refractivity contribution in [3.05, 3.63) is 42.0 Å². The first-order chi connectivity index (χ1) is 11.8. The SMILES string of the molecule is CC[C@@H](NC(=O)c1nnc2n1CCCC2)c1cn2cccnc2n1. The molecule has 0 saturated heterocycles. The van der Waals surface area contributed by atoms with Gasteiger partial charge in [-0.1, -0.05) is 6.92 Å². The van der Waals surface area contributed by atoms with Crippen molar-refractivity contribution in [3.63, 3.8) is 0 Å². The largest absolute Gasteiger partial charge is 0.341 e. The van der Waals surface area contributed by atoms with Crippen LogP contribution in [0, 0.1) is 0 Å². The molecule has 0 radical (unpaired) electrons. The highest BCUT2D eigenvalue weighted by atomic mass is 16.2. The molecule has 1 atom stereocenters. The fourth-order valence-corrected chi connectivity index (χ4v) is 3.10. The fourth-order valence-electron chi connectivity index (χ4n) is 3.10. The van der Waals surface area contributed by atoms with E-state index in [1.165, 1.54) is 0 Å². The Hall–Kier alpha value is -2.77. The average Bonchev–Trinajstić information content (AvgIpc) is 3.23. The highest BCUT2D eigenvalue weighted by Gasteiger charge is 2.24. The van der Waals surface area contributed by atoms with E-state index in [1.807, 2.05) is 34.4 Å². The van der Waals surface area contributed by atoms with Crippen LogP contribution in [0.5, 0.6) is 0 Å². The maximum absolute atomic E-state index is 12.7. The zero-order chi connectivity index (χ0) is 16.5. The molecule has 4 heterocycles. The quantitative estimate of drug-likeness (QED) is 0.786. The summed E-state index contributed by atoms with van der Waals surface area (Å²) in [4.78, 5) is 21.4. The zero-order valence-corrected chi connectivity index (χ0v) is 13.5. The predicted octanol–water partition coefficient (Wildman–Crippen LogP) is 1.54. The van der Waals surface area contributed by atoms with Gasteiger partial charge in [-0.05, 0) is 25.3 Å². The van der Waals surface area contributed by atoms with Gasteiger partial charge in [-0.2, -0.15) is 0 Å². The van der Waals surface area contributed by atoms with E-state index in [2.05, 4.69) is 25.5 Å². The number of aromatic nitrogens is 6. The Kier molecular flexibility index (Phi) is 3.72. The van der Waals surface area contributed by atoms with E-state index in [-0.39, 0.29) is 11.9 Å². The number of hydrogen-bond acceptors (Lipinski definition) is 5. The standard InChI is InChI=1S/C16H19N7O/c1-2-11(12-10-22-8-5-7-17-16(22)19-12)18-15(24)14-21-20-13-6-3-4-9-23(13)14/h5,7-8,10-11H,2-4,6,9H2,1H3,(H,18,24)/t11-/m1/s1. The van der Waals surface area contributed by atoms with Gasteiger partial charge in [0.15, 0.2) is 0 Å². The summed E-state index contributed by atoms with van der Waals surface area (Å²) < 4.78 is 3.78. The molecule has 124 valence electrons. The first-order valence-electron chi connectivity index (χ1n) is 8.29.